The van der Waals surface area contributed by atoms with Crippen LogP contribution in [0.15, 0.2) is 43.1 Å². The molecular weight excluding hydrogens is 523 g/mol. The lowest BCUT2D eigenvalue weighted by Crippen LogP contribution is -2.35. The Bertz CT molecular complexity index is 1510. The van der Waals surface area contributed by atoms with Gasteiger partial charge in [0.2, 0.25) is 5.95 Å². The SMILES string of the molecule is CN(C)C(=O)c1ccc(Nc2ncnc3c2c(F)cn3C2CCN(c3ncc(C(F)(F)F)cn3)CC2)c(F)c1. The monoisotopic (exact) mass is 546 g/mol. The van der Waals surface area contributed by atoms with Gasteiger partial charge in [0.15, 0.2) is 5.82 Å². The van der Waals surface area contributed by atoms with Gasteiger partial charge < -0.3 is 19.7 Å². The minimum atomic E-state index is -4.51. The molecule has 204 valence electrons. The Kier molecular flexibility index (Phi) is 6.78. The zero-order chi connectivity index (χ0) is 27.9. The smallest absolute Gasteiger partial charge is 0.345 e. The molecule has 1 aliphatic heterocycles. The molecule has 1 N–H and O–H groups in total. The van der Waals surface area contributed by atoms with Gasteiger partial charge in [-0.1, -0.05) is 0 Å². The molecule has 0 bridgehead atoms. The maximum atomic E-state index is 15.2. The molecule has 4 heterocycles. The van der Waals surface area contributed by atoms with Crippen molar-refractivity contribution >= 4 is 34.4 Å². The molecule has 0 unspecified atom stereocenters. The van der Waals surface area contributed by atoms with Crippen molar-refractivity contribution < 1.29 is 26.7 Å². The number of piperidine rings is 1. The first-order valence-corrected chi connectivity index (χ1v) is 12.0. The summed E-state index contributed by atoms with van der Waals surface area (Å²) in [5, 5.41) is 2.88. The fourth-order valence-electron chi connectivity index (χ4n) is 4.52. The summed E-state index contributed by atoms with van der Waals surface area (Å²) in [5.41, 5.74) is -0.421. The molecule has 4 aromatic rings. The first-order valence-electron chi connectivity index (χ1n) is 12.0. The first-order chi connectivity index (χ1) is 18.5. The standard InChI is InChI=1S/C25H23F5N8O/c1-36(2)23(39)14-3-4-19(17(26)9-14)35-21-20-18(27)12-38(22(20)34-13-33-21)16-5-7-37(8-6-16)24-31-10-15(11-32-24)25(28,29)30/h3-4,9-13,16H,5-8H2,1-2H3,(H,33,34,35). The summed E-state index contributed by atoms with van der Waals surface area (Å²) >= 11 is 0. The number of carbonyl (C=O) groups excluding carboxylic acids is 1. The van der Waals surface area contributed by atoms with Crippen LogP contribution in [0.1, 0.15) is 34.8 Å². The summed E-state index contributed by atoms with van der Waals surface area (Å²) in [6.45, 7) is 0.882. The fourth-order valence-corrected chi connectivity index (χ4v) is 4.52. The number of hydrogen-bond donors (Lipinski definition) is 1. The third-order valence-corrected chi connectivity index (χ3v) is 6.54. The van der Waals surface area contributed by atoms with Crippen LogP contribution in [0.3, 0.4) is 0 Å². The van der Waals surface area contributed by atoms with Gasteiger partial charge in [0, 0.05) is 57.4 Å². The number of amides is 1. The van der Waals surface area contributed by atoms with Crippen LogP contribution in [0.25, 0.3) is 11.0 Å². The molecule has 0 spiro atoms. The van der Waals surface area contributed by atoms with Crippen molar-refractivity contribution in [3.63, 3.8) is 0 Å². The minimum absolute atomic E-state index is 0.0160. The summed E-state index contributed by atoms with van der Waals surface area (Å²) in [6, 6.07) is 3.78. The predicted octanol–water partition coefficient (Wildman–Crippen LogP) is 4.81. The van der Waals surface area contributed by atoms with E-state index < -0.39 is 23.4 Å². The van der Waals surface area contributed by atoms with Gasteiger partial charge in [-0.2, -0.15) is 13.2 Å². The molecule has 1 amide bonds. The molecule has 9 nitrogen and oxygen atoms in total. The molecule has 3 aromatic heterocycles. The van der Waals surface area contributed by atoms with Crippen LogP contribution in [0.5, 0.6) is 0 Å². The van der Waals surface area contributed by atoms with Gasteiger partial charge in [0.1, 0.15) is 23.6 Å². The lowest BCUT2D eigenvalue weighted by molar-refractivity contribution is -0.138. The van der Waals surface area contributed by atoms with E-state index in [2.05, 4.69) is 25.3 Å². The van der Waals surface area contributed by atoms with Crippen LogP contribution in [-0.2, 0) is 6.18 Å². The normalized spacial score (nSPS) is 14.6. The molecule has 0 saturated carbocycles. The topological polar surface area (TPSA) is 92.1 Å². The number of halogens is 5. The van der Waals surface area contributed by atoms with Crippen molar-refractivity contribution in [2.75, 3.05) is 37.4 Å². The maximum absolute atomic E-state index is 15.2. The maximum Gasteiger partial charge on any atom is 0.419 e. The van der Waals surface area contributed by atoms with Crippen molar-refractivity contribution in [1.82, 2.24) is 29.4 Å². The lowest BCUT2D eigenvalue weighted by atomic mass is 10.1. The highest BCUT2D eigenvalue weighted by Gasteiger charge is 2.32. The van der Waals surface area contributed by atoms with Gasteiger partial charge in [-0.05, 0) is 31.0 Å². The second kappa shape index (κ2) is 10.1. The molecule has 1 saturated heterocycles. The van der Waals surface area contributed by atoms with Gasteiger partial charge >= 0.3 is 6.18 Å². The van der Waals surface area contributed by atoms with E-state index in [-0.39, 0.29) is 40.4 Å². The van der Waals surface area contributed by atoms with Gasteiger partial charge in [0.05, 0.1) is 16.6 Å². The van der Waals surface area contributed by atoms with Crippen LogP contribution in [0, 0.1) is 11.6 Å². The number of hydrogen-bond acceptors (Lipinski definition) is 7. The number of alkyl halides is 3. The fraction of sp³-hybridized carbons (Fsp3) is 0.320. The van der Waals surface area contributed by atoms with E-state index in [1.807, 2.05) is 0 Å². The number of aromatic nitrogens is 5. The lowest BCUT2D eigenvalue weighted by Gasteiger charge is -2.32. The largest absolute Gasteiger partial charge is 0.419 e. The van der Waals surface area contributed by atoms with Crippen molar-refractivity contribution in [2.45, 2.75) is 25.1 Å². The number of nitrogens with one attached hydrogen (secondary N) is 1. The number of benzene rings is 1. The number of carbonyl (C=O) groups is 1. The Morgan fingerprint density at radius 3 is 2.33 bits per heavy atom. The average molecular weight is 547 g/mol. The highest BCUT2D eigenvalue weighted by atomic mass is 19.4. The Morgan fingerprint density at radius 1 is 1.03 bits per heavy atom. The van der Waals surface area contributed by atoms with Crippen LogP contribution in [-0.4, -0.2) is 62.5 Å². The predicted molar refractivity (Wildman–Crippen MR) is 133 cm³/mol. The zero-order valence-electron chi connectivity index (χ0n) is 20.9. The molecular formula is C25H23F5N8O. The molecule has 1 aliphatic rings. The quantitative estimate of drug-likeness (QED) is 0.360. The molecule has 1 fully saturated rings. The van der Waals surface area contributed by atoms with Crippen molar-refractivity contribution in [1.29, 1.82) is 0 Å². The molecule has 1 aromatic carbocycles. The molecule has 0 radical (unpaired) electrons. The van der Waals surface area contributed by atoms with Crippen molar-refractivity contribution in [3.05, 3.63) is 65.9 Å². The number of rotatable bonds is 5. The van der Waals surface area contributed by atoms with E-state index >= 15 is 4.39 Å². The summed E-state index contributed by atoms with van der Waals surface area (Å²) in [7, 11) is 3.12. The van der Waals surface area contributed by atoms with E-state index in [1.54, 1.807) is 23.6 Å². The number of fused-ring (bicyclic) bond motifs is 1. The zero-order valence-corrected chi connectivity index (χ0v) is 20.9. The molecule has 14 heteroatoms. The molecule has 5 rings (SSSR count). The van der Waals surface area contributed by atoms with Gasteiger partial charge in [-0.25, -0.2) is 28.7 Å². The Labute approximate surface area is 219 Å². The number of nitrogens with zero attached hydrogens (tertiary/aromatic N) is 7. The van der Waals surface area contributed by atoms with Gasteiger partial charge in [-0.3, -0.25) is 4.79 Å². The van der Waals surface area contributed by atoms with Crippen molar-refractivity contribution in [3.8, 4) is 0 Å². The van der Waals surface area contributed by atoms with Crippen LogP contribution < -0.4 is 10.2 Å². The van der Waals surface area contributed by atoms with Crippen molar-refractivity contribution in [2.24, 2.45) is 0 Å². The summed E-state index contributed by atoms with van der Waals surface area (Å²) in [5.74, 6) is -1.39. The summed E-state index contributed by atoms with van der Waals surface area (Å²) < 4.78 is 70.0. The van der Waals surface area contributed by atoms with Crippen LogP contribution >= 0.6 is 0 Å². The molecule has 0 aliphatic carbocycles. The number of anilines is 3. The van der Waals surface area contributed by atoms with E-state index in [1.165, 1.54) is 29.6 Å². The Balaban J connectivity index is 1.34. The molecule has 0 atom stereocenters. The van der Waals surface area contributed by atoms with Gasteiger partial charge in [-0.15, -0.1) is 0 Å². The van der Waals surface area contributed by atoms with E-state index in [4.69, 9.17) is 0 Å². The third-order valence-electron chi connectivity index (χ3n) is 6.54. The minimum Gasteiger partial charge on any atom is -0.345 e. The first kappa shape index (κ1) is 26.3. The summed E-state index contributed by atoms with van der Waals surface area (Å²) in [4.78, 5) is 31.3. The van der Waals surface area contributed by atoms with E-state index in [0.29, 0.717) is 31.6 Å². The van der Waals surface area contributed by atoms with Gasteiger partial charge in [0.25, 0.3) is 5.91 Å². The third kappa shape index (κ3) is 5.18. The van der Waals surface area contributed by atoms with E-state index in [0.717, 1.165) is 18.5 Å². The van der Waals surface area contributed by atoms with E-state index in [9.17, 15) is 22.4 Å². The second-order valence-corrected chi connectivity index (χ2v) is 9.31. The second-order valence-electron chi connectivity index (χ2n) is 9.31. The Hall–Kier alpha value is -4.36. The Morgan fingerprint density at radius 2 is 1.72 bits per heavy atom. The highest BCUT2D eigenvalue weighted by Crippen LogP contribution is 2.34. The molecule has 39 heavy (non-hydrogen) atoms. The van der Waals surface area contributed by atoms with Crippen LogP contribution in [0.4, 0.5) is 39.4 Å². The highest BCUT2D eigenvalue weighted by molar-refractivity contribution is 5.95. The average Bonchev–Trinajstić information content (AvgIpc) is 3.26. The van der Waals surface area contributed by atoms with Crippen LogP contribution in [0.2, 0.25) is 0 Å². The summed E-state index contributed by atoms with van der Waals surface area (Å²) in [6.07, 6.45) is 0.631.